The summed E-state index contributed by atoms with van der Waals surface area (Å²) in [4.78, 5) is 43.7. The maximum Gasteiger partial charge on any atom is 0.285 e. The van der Waals surface area contributed by atoms with E-state index in [1.54, 1.807) is 38.4 Å². The third kappa shape index (κ3) is 5.85. The van der Waals surface area contributed by atoms with E-state index in [-0.39, 0.29) is 28.0 Å². The minimum atomic E-state index is -3.85. The van der Waals surface area contributed by atoms with Gasteiger partial charge >= 0.3 is 0 Å². The largest absolute Gasteiger partial charge is 0.377 e. The normalized spacial score (nSPS) is 12.3. The predicted octanol–water partition coefficient (Wildman–Crippen LogP) is 3.57. The van der Waals surface area contributed by atoms with Crippen molar-refractivity contribution in [3.63, 3.8) is 0 Å². The zero-order valence-electron chi connectivity index (χ0n) is 23.1. The van der Waals surface area contributed by atoms with Crippen LogP contribution in [0.3, 0.4) is 0 Å². The van der Waals surface area contributed by atoms with Crippen molar-refractivity contribution < 1.29 is 17.7 Å². The minimum absolute atomic E-state index is 0.0107. The molecule has 1 atom stereocenters. The van der Waals surface area contributed by atoms with Crippen molar-refractivity contribution in [2.75, 3.05) is 11.6 Å². The molecule has 1 aromatic carbocycles. The lowest BCUT2D eigenvalue weighted by molar-refractivity contribution is 0.0977. The molecule has 5 rings (SSSR count). The number of rotatable bonds is 7. The third-order valence-corrected chi connectivity index (χ3v) is 7.08. The van der Waals surface area contributed by atoms with Gasteiger partial charge in [0, 0.05) is 24.4 Å². The number of hydrogen-bond donors (Lipinski definition) is 2. The van der Waals surface area contributed by atoms with Gasteiger partial charge in [0.15, 0.2) is 11.5 Å². The average Bonchev–Trinajstić information content (AvgIpc) is 3.37. The molecule has 0 aliphatic heterocycles. The smallest absolute Gasteiger partial charge is 0.285 e. The number of aryl methyl sites for hydroxylation is 2. The molecule has 0 radical (unpaired) electrons. The van der Waals surface area contributed by atoms with Crippen LogP contribution < -0.4 is 15.6 Å². The van der Waals surface area contributed by atoms with Crippen LogP contribution in [0.1, 0.15) is 40.4 Å². The lowest BCUT2D eigenvalue weighted by Crippen LogP contribution is -2.31. The van der Waals surface area contributed by atoms with E-state index >= 15 is 0 Å². The van der Waals surface area contributed by atoms with Crippen molar-refractivity contribution in [1.29, 1.82) is 0 Å². The molecule has 42 heavy (non-hydrogen) atoms. The number of nitrogens with zero attached hydrogens (tertiary/aromatic N) is 6. The lowest BCUT2D eigenvalue weighted by Gasteiger charge is -2.20. The van der Waals surface area contributed by atoms with E-state index in [2.05, 4.69) is 25.4 Å². The number of nitrogens with one attached hydrogen (secondary N) is 2. The molecule has 0 bridgehead atoms. The number of aromatic nitrogens is 6. The second kappa shape index (κ2) is 10.9. The highest BCUT2D eigenvalue weighted by molar-refractivity contribution is 7.89. The van der Waals surface area contributed by atoms with Gasteiger partial charge in [-0.05, 0) is 56.7 Å². The van der Waals surface area contributed by atoms with Crippen LogP contribution in [0, 0.1) is 13.8 Å². The molecule has 0 saturated heterocycles. The van der Waals surface area contributed by atoms with Crippen LogP contribution in [0.5, 0.6) is 0 Å². The molecule has 1 amide bonds. The number of fused-ring (bicyclic) bond motifs is 1. The van der Waals surface area contributed by atoms with Crippen molar-refractivity contribution in [3.05, 3.63) is 80.7 Å². The summed E-state index contributed by atoms with van der Waals surface area (Å²) in [5, 5.41) is 7.40. The van der Waals surface area contributed by atoms with Gasteiger partial charge in [0.1, 0.15) is 16.7 Å². The first-order chi connectivity index (χ1) is 19.8. The first kappa shape index (κ1) is 28.8. The van der Waals surface area contributed by atoms with Crippen molar-refractivity contribution in [2.45, 2.75) is 26.8 Å². The van der Waals surface area contributed by atoms with E-state index in [4.69, 9.17) is 21.1 Å². The molecule has 0 spiro atoms. The fourth-order valence-corrected chi connectivity index (χ4v) is 5.03. The molecule has 5 aromatic rings. The number of sulfonamides is 1. The number of pyridine rings is 2. The van der Waals surface area contributed by atoms with Crippen molar-refractivity contribution in [2.24, 2.45) is 7.05 Å². The van der Waals surface area contributed by atoms with E-state index in [1.165, 1.54) is 16.7 Å². The van der Waals surface area contributed by atoms with Gasteiger partial charge in [0.05, 0.1) is 28.9 Å². The molecule has 4 heterocycles. The Morgan fingerprint density at radius 3 is 2.50 bits per heavy atom. The highest BCUT2D eigenvalue weighted by Crippen LogP contribution is 2.30. The highest BCUT2D eigenvalue weighted by atomic mass is 35.5. The van der Waals surface area contributed by atoms with Gasteiger partial charge in [-0.3, -0.25) is 19.1 Å². The number of carbonyl (C=O) groups is 1. The Labute approximate surface area is 245 Å². The Bertz CT molecular complexity index is 2020. The topological polar surface area (TPSA) is 175 Å². The summed E-state index contributed by atoms with van der Waals surface area (Å²) in [7, 11) is -2.21. The fourth-order valence-electron chi connectivity index (χ4n) is 4.45. The number of halogens is 1. The van der Waals surface area contributed by atoms with Gasteiger partial charge in [-0.1, -0.05) is 22.8 Å². The Kier molecular flexibility index (Phi) is 7.51. The molecular formula is C27H25ClN8O5S. The second-order valence-electron chi connectivity index (χ2n) is 9.73. The Morgan fingerprint density at radius 2 is 1.86 bits per heavy atom. The Morgan fingerprint density at radius 1 is 1.10 bits per heavy atom. The molecule has 0 fully saturated rings. The van der Waals surface area contributed by atoms with Crippen LogP contribution in [-0.2, 0) is 17.1 Å². The molecule has 15 heteroatoms. The number of benzene rings is 1. The van der Waals surface area contributed by atoms with Gasteiger partial charge in [-0.15, -0.1) is 0 Å². The summed E-state index contributed by atoms with van der Waals surface area (Å²) >= 11 is 6.01. The monoisotopic (exact) mass is 608 g/mol. The van der Waals surface area contributed by atoms with Gasteiger partial charge < -0.3 is 9.84 Å². The molecule has 216 valence electrons. The average molecular weight is 609 g/mol. The standard InChI is InChI=1S/C27H25ClN8O5S/c1-13-10-17(14(2)30-19-8-9-21(28)32-23(19)25(37)35-42(5,39)40)22-18(11-13)27(38)36(4)24(33-22)16-6-7-20(29-12-16)26-31-15(3)34-41-26/h6-12,14,30H,1-5H3,(H,35,37)/t14-/m1/s1. The molecule has 13 nitrogen and oxygen atoms in total. The molecule has 4 aromatic heterocycles. The van der Waals surface area contributed by atoms with Gasteiger partial charge in [-0.25, -0.2) is 23.1 Å². The maximum absolute atomic E-state index is 13.5. The summed E-state index contributed by atoms with van der Waals surface area (Å²) in [5.41, 5.74) is 2.77. The van der Waals surface area contributed by atoms with E-state index in [1.807, 2.05) is 24.6 Å². The highest BCUT2D eigenvalue weighted by Gasteiger charge is 2.22. The van der Waals surface area contributed by atoms with Crippen LogP contribution >= 0.6 is 11.6 Å². The first-order valence-corrected chi connectivity index (χ1v) is 14.8. The number of anilines is 1. The SMILES string of the molecule is Cc1cc([C@@H](C)Nc2ccc(Cl)nc2C(=O)NS(C)(=O)=O)c2nc(-c3ccc(-c4nc(C)no4)nc3)n(C)c(=O)c2c1. The molecular weight excluding hydrogens is 584 g/mol. The van der Waals surface area contributed by atoms with Crippen molar-refractivity contribution in [1.82, 2.24) is 34.4 Å². The zero-order valence-corrected chi connectivity index (χ0v) is 24.7. The van der Waals surface area contributed by atoms with Crippen LogP contribution in [0.4, 0.5) is 5.69 Å². The van der Waals surface area contributed by atoms with Crippen LogP contribution in [0.15, 0.2) is 51.9 Å². The first-order valence-electron chi connectivity index (χ1n) is 12.5. The fraction of sp³-hybridized carbons (Fsp3) is 0.222. The Balaban J connectivity index is 1.57. The van der Waals surface area contributed by atoms with E-state index in [9.17, 15) is 18.0 Å². The predicted molar refractivity (Wildman–Crippen MR) is 157 cm³/mol. The van der Waals surface area contributed by atoms with E-state index in [0.29, 0.717) is 39.4 Å². The van der Waals surface area contributed by atoms with E-state index in [0.717, 1.165) is 11.8 Å². The number of hydrogen-bond acceptors (Lipinski definition) is 11. The third-order valence-electron chi connectivity index (χ3n) is 6.32. The zero-order chi connectivity index (χ0) is 30.3. The van der Waals surface area contributed by atoms with Crippen molar-refractivity contribution in [3.8, 4) is 23.0 Å². The summed E-state index contributed by atoms with van der Waals surface area (Å²) in [5.74, 6) is 0.201. The summed E-state index contributed by atoms with van der Waals surface area (Å²) in [6.45, 7) is 5.39. The summed E-state index contributed by atoms with van der Waals surface area (Å²) in [6.07, 6.45) is 2.44. The number of amides is 1. The summed E-state index contributed by atoms with van der Waals surface area (Å²) in [6, 6.07) is 9.60. The summed E-state index contributed by atoms with van der Waals surface area (Å²) < 4.78 is 31.9. The molecule has 2 N–H and O–H groups in total. The maximum atomic E-state index is 13.5. The molecule has 0 aliphatic carbocycles. The molecule has 0 saturated carbocycles. The van der Waals surface area contributed by atoms with Crippen LogP contribution in [0.25, 0.3) is 33.9 Å². The number of carbonyl (C=O) groups excluding carboxylic acids is 1. The quantitative estimate of drug-likeness (QED) is 0.258. The van der Waals surface area contributed by atoms with Crippen LogP contribution in [0.2, 0.25) is 5.15 Å². The van der Waals surface area contributed by atoms with Gasteiger partial charge in [-0.2, -0.15) is 4.98 Å². The van der Waals surface area contributed by atoms with E-state index < -0.39 is 22.0 Å². The molecule has 0 aliphatic rings. The second-order valence-corrected chi connectivity index (χ2v) is 11.9. The van der Waals surface area contributed by atoms with Crippen molar-refractivity contribution >= 4 is 44.1 Å². The Hall–Kier alpha value is -4.69. The van der Waals surface area contributed by atoms with Gasteiger partial charge in [0.25, 0.3) is 17.4 Å². The van der Waals surface area contributed by atoms with Gasteiger partial charge in [0.2, 0.25) is 10.0 Å². The minimum Gasteiger partial charge on any atom is -0.377 e. The lowest BCUT2D eigenvalue weighted by atomic mass is 10.0. The molecule has 0 unspecified atom stereocenters. The van der Waals surface area contributed by atoms with Crippen LogP contribution in [-0.4, -0.2) is 50.2 Å².